The van der Waals surface area contributed by atoms with E-state index in [0.717, 1.165) is 6.42 Å². The first kappa shape index (κ1) is 8.09. The smallest absolute Gasteiger partial charge is 0.127 e. The second-order valence-electron chi connectivity index (χ2n) is 6.39. The van der Waals surface area contributed by atoms with Crippen molar-refractivity contribution in [3.8, 4) is 11.5 Å². The molecule has 0 aromatic heterocycles. The molecule has 2 nitrogen and oxygen atoms in total. The van der Waals surface area contributed by atoms with E-state index in [1.165, 1.54) is 18.2 Å². The number of aryl methyl sites for hydroxylation is 1. The van der Waals surface area contributed by atoms with Crippen LogP contribution < -0.4 is 4.74 Å². The third-order valence-corrected chi connectivity index (χ3v) is 4.57. The zero-order valence-corrected chi connectivity index (χ0v) is 13.6. The van der Waals surface area contributed by atoms with Crippen molar-refractivity contribution in [3.05, 3.63) is 34.9 Å². The summed E-state index contributed by atoms with van der Waals surface area (Å²) in [6.45, 7) is -2.84. The Hall–Kier alpha value is -1.44. The third kappa shape index (κ3) is 3.13. The average molecular weight is 325 g/mol. The van der Waals surface area contributed by atoms with Gasteiger partial charge in [-0.05, 0) is 63.9 Å². The highest BCUT2D eigenvalue weighted by molar-refractivity contribution is 5.53. The summed E-state index contributed by atoms with van der Waals surface area (Å²) >= 11 is 0. The molecule has 2 aliphatic rings. The van der Waals surface area contributed by atoms with Gasteiger partial charge in [0.25, 0.3) is 0 Å². The standard InChI is InChI=1S/C21H30O2/c1-5-6-7-8-15-12-18(22)20-16-11-14(2)9-10-17(16)21(3,4)23-19(20)13-15/h11-13,16-17,22H,5-10H2,1-4H3/t16-,17-/m1/s1/i3D3,4D3,8D2,9D2. The third-order valence-electron chi connectivity index (χ3n) is 4.57. The number of phenols is 1. The maximum Gasteiger partial charge on any atom is 0.127 e. The van der Waals surface area contributed by atoms with E-state index in [2.05, 4.69) is 0 Å². The maximum absolute atomic E-state index is 10.9. The molecule has 0 radical (unpaired) electrons. The van der Waals surface area contributed by atoms with Gasteiger partial charge in [0.05, 0.1) is 0 Å². The van der Waals surface area contributed by atoms with Crippen LogP contribution in [0.25, 0.3) is 0 Å². The van der Waals surface area contributed by atoms with Crippen LogP contribution in [-0.4, -0.2) is 10.7 Å². The van der Waals surface area contributed by atoms with Crippen LogP contribution in [0.5, 0.6) is 11.5 Å². The molecule has 126 valence electrons. The molecule has 3 rings (SSSR count). The van der Waals surface area contributed by atoms with E-state index in [4.69, 9.17) is 18.4 Å². The predicted molar refractivity (Wildman–Crippen MR) is 95.3 cm³/mol. The molecule has 0 bridgehead atoms. The van der Waals surface area contributed by atoms with Crippen molar-refractivity contribution in [2.24, 2.45) is 5.92 Å². The average Bonchev–Trinajstić information content (AvgIpc) is 2.64. The summed E-state index contributed by atoms with van der Waals surface area (Å²) in [5.41, 5.74) is -2.19. The Morgan fingerprint density at radius 2 is 2.26 bits per heavy atom. The van der Waals surface area contributed by atoms with Crippen LogP contribution >= 0.6 is 0 Å². The molecule has 0 saturated carbocycles. The first-order valence-electron chi connectivity index (χ1n) is 13.1. The quantitative estimate of drug-likeness (QED) is 0.716. The number of aromatic hydroxyl groups is 1. The minimum Gasteiger partial charge on any atom is -0.507 e. The molecule has 0 spiro atoms. The molecule has 2 heteroatoms. The van der Waals surface area contributed by atoms with Gasteiger partial charge in [-0.15, -0.1) is 0 Å². The number of hydrogen-bond acceptors (Lipinski definition) is 2. The number of benzene rings is 1. The van der Waals surface area contributed by atoms with E-state index in [1.807, 2.05) is 6.92 Å². The Labute approximate surface area is 154 Å². The lowest BCUT2D eigenvalue weighted by Gasteiger charge is -2.46. The Balaban J connectivity index is 2.33. The van der Waals surface area contributed by atoms with Crippen molar-refractivity contribution >= 4 is 0 Å². The van der Waals surface area contributed by atoms with E-state index >= 15 is 0 Å². The molecule has 1 aliphatic heterocycles. The Morgan fingerprint density at radius 1 is 1.43 bits per heavy atom. The Morgan fingerprint density at radius 3 is 3.00 bits per heavy atom. The number of hydrogen-bond donors (Lipinski definition) is 1. The molecule has 2 atom stereocenters. The summed E-state index contributed by atoms with van der Waals surface area (Å²) in [5, 5.41) is 10.9. The summed E-state index contributed by atoms with van der Waals surface area (Å²) in [6, 6.07) is 2.57. The van der Waals surface area contributed by atoms with Gasteiger partial charge in [0.2, 0.25) is 0 Å². The maximum atomic E-state index is 10.9. The Kier molecular flexibility index (Phi) is 2.19. The molecular weight excluding hydrogens is 284 g/mol. The van der Waals surface area contributed by atoms with Crippen molar-refractivity contribution in [2.45, 2.75) is 77.5 Å². The lowest BCUT2D eigenvalue weighted by atomic mass is 9.68. The van der Waals surface area contributed by atoms with Gasteiger partial charge in [-0.3, -0.25) is 0 Å². The van der Waals surface area contributed by atoms with E-state index in [-0.39, 0.29) is 29.0 Å². The van der Waals surface area contributed by atoms with E-state index in [1.54, 1.807) is 6.92 Å². The van der Waals surface area contributed by atoms with Gasteiger partial charge in [-0.1, -0.05) is 31.4 Å². The first-order chi connectivity index (χ1) is 14.9. The molecule has 1 aliphatic carbocycles. The molecule has 1 N–H and O–H groups in total. The van der Waals surface area contributed by atoms with E-state index in [0.29, 0.717) is 12.0 Å². The van der Waals surface area contributed by atoms with Crippen LogP contribution in [0.2, 0.25) is 0 Å². The summed E-state index contributed by atoms with van der Waals surface area (Å²) in [6.07, 6.45) is -1.22. The number of allylic oxidation sites excluding steroid dienone is 2. The number of unbranched alkanes of at least 4 members (excludes halogenated alkanes) is 1. The molecular formula is C21H30O2. The van der Waals surface area contributed by atoms with Gasteiger partial charge < -0.3 is 9.84 Å². The largest absolute Gasteiger partial charge is 0.507 e. The second-order valence-corrected chi connectivity index (χ2v) is 6.39. The van der Waals surface area contributed by atoms with Crippen LogP contribution in [-0.2, 0) is 6.37 Å². The zero-order chi connectivity index (χ0) is 25.2. The van der Waals surface area contributed by atoms with Gasteiger partial charge in [-0.2, -0.15) is 0 Å². The molecule has 0 saturated heterocycles. The van der Waals surface area contributed by atoms with Gasteiger partial charge in [0.15, 0.2) is 0 Å². The number of phenolic OH excluding ortho intramolecular Hbond substituents is 1. The first-order valence-corrected chi connectivity index (χ1v) is 8.14. The van der Waals surface area contributed by atoms with E-state index < -0.39 is 50.3 Å². The van der Waals surface area contributed by atoms with Crippen molar-refractivity contribution < 1.29 is 23.6 Å². The van der Waals surface area contributed by atoms with Crippen LogP contribution in [0, 0.1) is 5.92 Å². The van der Waals surface area contributed by atoms with Crippen molar-refractivity contribution in [1.29, 1.82) is 0 Å². The molecule has 0 fully saturated rings. The number of fused-ring (bicyclic) bond motifs is 3. The fraction of sp³-hybridized carbons (Fsp3) is 0.619. The predicted octanol–water partition coefficient (Wildman–Crippen LogP) is 5.74. The van der Waals surface area contributed by atoms with Crippen molar-refractivity contribution in [1.82, 2.24) is 0 Å². The molecule has 1 heterocycles. The number of rotatable bonds is 4. The Bertz CT molecular complexity index is 932. The highest BCUT2D eigenvalue weighted by Gasteiger charge is 2.45. The van der Waals surface area contributed by atoms with Gasteiger partial charge in [-0.25, -0.2) is 0 Å². The molecule has 0 amide bonds. The zero-order valence-electron chi connectivity index (χ0n) is 23.6. The van der Waals surface area contributed by atoms with Crippen molar-refractivity contribution in [3.63, 3.8) is 0 Å². The monoisotopic (exact) mass is 324 g/mol. The summed E-state index contributed by atoms with van der Waals surface area (Å²) in [5.74, 6) is -2.74. The van der Waals surface area contributed by atoms with Crippen LogP contribution in [0.1, 0.15) is 90.4 Å². The van der Waals surface area contributed by atoms with Crippen LogP contribution in [0.4, 0.5) is 0 Å². The molecule has 1 aromatic carbocycles. The van der Waals surface area contributed by atoms with Gasteiger partial charge in [0.1, 0.15) is 17.1 Å². The van der Waals surface area contributed by atoms with E-state index in [9.17, 15) is 5.11 Å². The second kappa shape index (κ2) is 6.22. The fourth-order valence-electron chi connectivity index (χ4n) is 3.32. The van der Waals surface area contributed by atoms with Crippen LogP contribution in [0.15, 0.2) is 23.8 Å². The lowest BCUT2D eigenvalue weighted by molar-refractivity contribution is 0.0107. The van der Waals surface area contributed by atoms with Crippen LogP contribution in [0.3, 0.4) is 0 Å². The normalized spacial score (nSPS) is 35.5. The minimum absolute atomic E-state index is 0.0717. The molecule has 1 aromatic rings. The van der Waals surface area contributed by atoms with Gasteiger partial charge >= 0.3 is 0 Å². The lowest BCUT2D eigenvalue weighted by Crippen LogP contribution is -2.45. The topological polar surface area (TPSA) is 29.5 Å². The highest BCUT2D eigenvalue weighted by Crippen LogP contribution is 2.53. The van der Waals surface area contributed by atoms with Gasteiger partial charge in [0, 0.05) is 31.1 Å². The minimum atomic E-state index is -3.15. The highest BCUT2D eigenvalue weighted by atomic mass is 16.5. The fourth-order valence-corrected chi connectivity index (χ4v) is 3.32. The number of ether oxygens (including phenoxy) is 1. The molecule has 0 unspecified atom stereocenters. The summed E-state index contributed by atoms with van der Waals surface area (Å²) in [4.78, 5) is 0. The SMILES string of the molecule is [2H]C1([2H])C[C@@H]2[C@@H](C=C1C)c1c(O)cc(C([2H])([2H])CCCC)cc1OC2(C([2H])([2H])[2H])C([2H])([2H])[2H]. The van der Waals surface area contributed by atoms with Crippen molar-refractivity contribution in [2.75, 3.05) is 0 Å². The molecule has 23 heavy (non-hydrogen) atoms. The summed E-state index contributed by atoms with van der Waals surface area (Å²) in [7, 11) is 0. The summed E-state index contributed by atoms with van der Waals surface area (Å²) < 4.78 is 88.3.